The van der Waals surface area contributed by atoms with E-state index in [0.29, 0.717) is 16.1 Å². The number of rotatable bonds is 3. The molecule has 0 aromatic heterocycles. The van der Waals surface area contributed by atoms with Crippen molar-refractivity contribution in [3.63, 3.8) is 0 Å². The predicted octanol–water partition coefficient (Wildman–Crippen LogP) is 3.22. The van der Waals surface area contributed by atoms with Crippen molar-refractivity contribution in [1.82, 2.24) is 10.2 Å². The second-order valence-corrected chi connectivity index (χ2v) is 5.73. The number of benzene rings is 1. The van der Waals surface area contributed by atoms with Crippen molar-refractivity contribution in [2.24, 2.45) is 0 Å². The molecule has 20 heavy (non-hydrogen) atoms. The summed E-state index contributed by atoms with van der Waals surface area (Å²) >= 11 is 12.0. The molecule has 1 aliphatic rings. The van der Waals surface area contributed by atoms with E-state index in [-0.39, 0.29) is 5.91 Å². The highest BCUT2D eigenvalue weighted by atomic mass is 35.5. The lowest BCUT2D eigenvalue weighted by molar-refractivity contribution is -0.127. The number of hydrogen-bond donors (Lipinski definition) is 1. The zero-order chi connectivity index (χ0) is 14.5. The SMILES string of the molecule is CNC1CCN(C(=O)/C=C/c2cc(Cl)ccc2Cl)CC1. The van der Waals surface area contributed by atoms with Gasteiger partial charge in [0.25, 0.3) is 0 Å². The van der Waals surface area contributed by atoms with Crippen LogP contribution >= 0.6 is 23.2 Å². The van der Waals surface area contributed by atoms with Crippen LogP contribution < -0.4 is 5.32 Å². The lowest BCUT2D eigenvalue weighted by Crippen LogP contribution is -2.43. The summed E-state index contributed by atoms with van der Waals surface area (Å²) in [5, 5.41) is 4.44. The van der Waals surface area contributed by atoms with Gasteiger partial charge in [-0.2, -0.15) is 0 Å². The van der Waals surface area contributed by atoms with Crippen LogP contribution in [0.4, 0.5) is 0 Å². The van der Waals surface area contributed by atoms with Crippen LogP contribution in [0.15, 0.2) is 24.3 Å². The highest BCUT2D eigenvalue weighted by molar-refractivity contribution is 6.34. The predicted molar refractivity (Wildman–Crippen MR) is 84.2 cm³/mol. The summed E-state index contributed by atoms with van der Waals surface area (Å²) in [7, 11) is 1.96. The minimum atomic E-state index is 0.0237. The Balaban J connectivity index is 1.97. The van der Waals surface area contributed by atoms with Crippen molar-refractivity contribution in [3.05, 3.63) is 39.9 Å². The van der Waals surface area contributed by atoms with Crippen LogP contribution in [0.25, 0.3) is 6.08 Å². The summed E-state index contributed by atoms with van der Waals surface area (Å²) in [6, 6.07) is 5.73. The smallest absolute Gasteiger partial charge is 0.246 e. The van der Waals surface area contributed by atoms with Crippen LogP contribution in [0.2, 0.25) is 10.0 Å². The molecular weight excluding hydrogens is 295 g/mol. The third-order valence-corrected chi connectivity index (χ3v) is 4.16. The molecule has 1 aromatic carbocycles. The van der Waals surface area contributed by atoms with E-state index in [1.165, 1.54) is 0 Å². The van der Waals surface area contributed by atoms with Crippen molar-refractivity contribution >= 4 is 35.2 Å². The maximum Gasteiger partial charge on any atom is 0.246 e. The molecule has 1 heterocycles. The molecule has 0 atom stereocenters. The van der Waals surface area contributed by atoms with E-state index in [4.69, 9.17) is 23.2 Å². The Kier molecular flexibility index (Phi) is 5.46. The van der Waals surface area contributed by atoms with Crippen LogP contribution in [0.1, 0.15) is 18.4 Å². The second kappa shape index (κ2) is 7.11. The van der Waals surface area contributed by atoms with Gasteiger partial charge < -0.3 is 10.2 Å². The van der Waals surface area contributed by atoms with Gasteiger partial charge in [-0.1, -0.05) is 23.2 Å². The number of piperidine rings is 1. The van der Waals surface area contributed by atoms with Gasteiger partial charge in [-0.15, -0.1) is 0 Å². The number of amides is 1. The number of carbonyl (C=O) groups is 1. The summed E-state index contributed by atoms with van der Waals surface area (Å²) in [6.07, 6.45) is 5.28. The fourth-order valence-electron chi connectivity index (χ4n) is 2.30. The minimum Gasteiger partial charge on any atom is -0.339 e. The van der Waals surface area contributed by atoms with Gasteiger partial charge in [0.15, 0.2) is 0 Å². The summed E-state index contributed by atoms with van der Waals surface area (Å²) in [6.45, 7) is 1.58. The third kappa shape index (κ3) is 3.98. The van der Waals surface area contributed by atoms with E-state index in [2.05, 4.69) is 5.32 Å². The molecule has 108 valence electrons. The van der Waals surface area contributed by atoms with Crippen molar-refractivity contribution in [1.29, 1.82) is 0 Å². The summed E-state index contributed by atoms with van der Waals surface area (Å²) < 4.78 is 0. The molecule has 1 fully saturated rings. The maximum atomic E-state index is 12.1. The molecule has 1 amide bonds. The van der Waals surface area contributed by atoms with Crippen molar-refractivity contribution in [2.45, 2.75) is 18.9 Å². The number of likely N-dealkylation sites (tertiary alicyclic amines) is 1. The van der Waals surface area contributed by atoms with Gasteiger partial charge in [0.1, 0.15) is 0 Å². The molecule has 5 heteroatoms. The zero-order valence-electron chi connectivity index (χ0n) is 11.4. The standard InChI is InChI=1S/C15H18Cl2N2O/c1-18-13-6-8-19(9-7-13)15(20)5-2-11-10-12(16)3-4-14(11)17/h2-5,10,13,18H,6-9H2,1H3/b5-2+. The maximum absolute atomic E-state index is 12.1. The van der Waals surface area contributed by atoms with Gasteiger partial charge in [0, 0.05) is 35.3 Å². The Morgan fingerprint density at radius 2 is 2.05 bits per heavy atom. The Hall–Kier alpha value is -1.03. The van der Waals surface area contributed by atoms with Gasteiger partial charge in [0.2, 0.25) is 5.91 Å². The average molecular weight is 313 g/mol. The van der Waals surface area contributed by atoms with Gasteiger partial charge in [0.05, 0.1) is 0 Å². The molecule has 0 saturated carbocycles. The number of nitrogens with zero attached hydrogens (tertiary/aromatic N) is 1. The Labute approximate surface area is 129 Å². The largest absolute Gasteiger partial charge is 0.339 e. The number of halogens is 2. The first-order valence-electron chi connectivity index (χ1n) is 6.69. The summed E-state index contributed by atoms with van der Waals surface area (Å²) in [5.41, 5.74) is 0.762. The zero-order valence-corrected chi connectivity index (χ0v) is 12.9. The summed E-state index contributed by atoms with van der Waals surface area (Å²) in [5.74, 6) is 0.0237. The van der Waals surface area contributed by atoms with Crippen molar-refractivity contribution < 1.29 is 4.79 Å². The first-order valence-corrected chi connectivity index (χ1v) is 7.45. The van der Waals surface area contributed by atoms with Crippen LogP contribution in [-0.2, 0) is 4.79 Å². The molecule has 1 saturated heterocycles. The first-order chi connectivity index (χ1) is 9.60. The highest BCUT2D eigenvalue weighted by Gasteiger charge is 2.20. The van der Waals surface area contributed by atoms with Gasteiger partial charge in [-0.3, -0.25) is 4.79 Å². The Morgan fingerprint density at radius 3 is 2.70 bits per heavy atom. The molecule has 1 N–H and O–H groups in total. The van der Waals surface area contributed by atoms with Crippen LogP contribution in [0, 0.1) is 0 Å². The fraction of sp³-hybridized carbons (Fsp3) is 0.400. The average Bonchev–Trinajstić information content (AvgIpc) is 2.48. The molecule has 0 spiro atoms. The lowest BCUT2D eigenvalue weighted by atomic mass is 10.1. The van der Waals surface area contributed by atoms with Crippen LogP contribution in [-0.4, -0.2) is 37.0 Å². The Bertz CT molecular complexity index is 509. The number of hydrogen-bond acceptors (Lipinski definition) is 2. The van der Waals surface area contributed by atoms with E-state index in [0.717, 1.165) is 31.5 Å². The molecule has 1 aliphatic heterocycles. The second-order valence-electron chi connectivity index (χ2n) is 4.89. The van der Waals surface area contributed by atoms with Crippen LogP contribution in [0.3, 0.4) is 0 Å². The van der Waals surface area contributed by atoms with E-state index < -0.39 is 0 Å². The van der Waals surface area contributed by atoms with E-state index >= 15 is 0 Å². The molecular formula is C15H18Cl2N2O. The van der Waals surface area contributed by atoms with E-state index in [9.17, 15) is 4.79 Å². The van der Waals surface area contributed by atoms with Gasteiger partial charge >= 0.3 is 0 Å². The molecule has 1 aromatic rings. The van der Waals surface area contributed by atoms with E-state index in [1.54, 1.807) is 30.4 Å². The quantitative estimate of drug-likeness (QED) is 0.869. The molecule has 0 unspecified atom stereocenters. The molecule has 3 nitrogen and oxygen atoms in total. The number of carbonyl (C=O) groups excluding carboxylic acids is 1. The van der Waals surface area contributed by atoms with E-state index in [1.807, 2.05) is 11.9 Å². The molecule has 0 radical (unpaired) electrons. The number of nitrogens with one attached hydrogen (secondary N) is 1. The fourth-order valence-corrected chi connectivity index (χ4v) is 2.66. The molecule has 2 rings (SSSR count). The summed E-state index contributed by atoms with van der Waals surface area (Å²) in [4.78, 5) is 14.0. The highest BCUT2D eigenvalue weighted by Crippen LogP contribution is 2.22. The van der Waals surface area contributed by atoms with Crippen molar-refractivity contribution in [3.8, 4) is 0 Å². The Morgan fingerprint density at radius 1 is 1.35 bits per heavy atom. The third-order valence-electron chi connectivity index (χ3n) is 3.58. The van der Waals surface area contributed by atoms with Crippen molar-refractivity contribution in [2.75, 3.05) is 20.1 Å². The lowest BCUT2D eigenvalue weighted by Gasteiger charge is -2.31. The van der Waals surface area contributed by atoms with Crippen LogP contribution in [0.5, 0.6) is 0 Å². The van der Waals surface area contributed by atoms with Gasteiger partial charge in [-0.25, -0.2) is 0 Å². The minimum absolute atomic E-state index is 0.0237. The molecule has 0 aliphatic carbocycles. The topological polar surface area (TPSA) is 32.3 Å². The normalized spacial score (nSPS) is 16.9. The monoisotopic (exact) mass is 312 g/mol. The van der Waals surface area contributed by atoms with Gasteiger partial charge in [-0.05, 0) is 49.7 Å². The first kappa shape index (κ1) is 15.4. The molecule has 0 bridgehead atoms.